The lowest BCUT2D eigenvalue weighted by Crippen LogP contribution is -2.28. The maximum Gasteiger partial charge on any atom is 0.276 e. The summed E-state index contributed by atoms with van der Waals surface area (Å²) in [6.45, 7) is 1.48. The Morgan fingerprint density at radius 3 is 2.88 bits per heavy atom. The minimum atomic E-state index is -0.452. The molecule has 0 bridgehead atoms. The van der Waals surface area contributed by atoms with Crippen molar-refractivity contribution < 1.29 is 14.7 Å². The molecule has 1 aromatic rings. The Morgan fingerprint density at radius 1 is 1.62 bits per heavy atom. The number of rotatable bonds is 4. The van der Waals surface area contributed by atoms with Crippen molar-refractivity contribution in [3.05, 3.63) is 33.7 Å². The van der Waals surface area contributed by atoms with Crippen LogP contribution in [0.3, 0.4) is 0 Å². The fourth-order valence-corrected chi connectivity index (χ4v) is 1.22. The summed E-state index contributed by atoms with van der Waals surface area (Å²) in [5.74, 6) is -0.452. The second-order valence-corrected chi connectivity index (χ2v) is 3.33. The van der Waals surface area contributed by atoms with Crippen LogP contribution in [-0.4, -0.2) is 28.8 Å². The van der Waals surface area contributed by atoms with E-state index in [1.54, 1.807) is 14.0 Å². The number of aliphatic hydroxyl groups excluding tert-OH is 1. The van der Waals surface area contributed by atoms with Gasteiger partial charge in [0.1, 0.15) is 0 Å². The molecule has 0 saturated heterocycles. The van der Waals surface area contributed by atoms with E-state index in [2.05, 4.69) is 10.3 Å². The molecule has 1 aromatic heterocycles. The van der Waals surface area contributed by atoms with Crippen LogP contribution in [0.1, 0.15) is 15.9 Å². The third-order valence-electron chi connectivity index (χ3n) is 1.98. The fraction of sp³-hybridized carbons (Fsp3) is 0.400. The SMILES string of the molecule is Cc1cc(C(=O)NOCCO)cn(C)c1=O. The highest BCUT2D eigenvalue weighted by Crippen LogP contribution is 1.98. The molecule has 1 heterocycles. The number of amides is 1. The molecule has 2 N–H and O–H groups in total. The van der Waals surface area contributed by atoms with Crippen molar-refractivity contribution in [2.24, 2.45) is 7.05 Å². The van der Waals surface area contributed by atoms with Gasteiger partial charge in [-0.15, -0.1) is 0 Å². The van der Waals surface area contributed by atoms with Gasteiger partial charge in [0.15, 0.2) is 0 Å². The van der Waals surface area contributed by atoms with E-state index < -0.39 is 5.91 Å². The minimum absolute atomic E-state index is 0.0243. The van der Waals surface area contributed by atoms with Crippen LogP contribution in [0.5, 0.6) is 0 Å². The van der Waals surface area contributed by atoms with Crippen molar-refractivity contribution in [3.63, 3.8) is 0 Å². The van der Waals surface area contributed by atoms with Crippen LogP contribution in [0.15, 0.2) is 17.1 Å². The molecule has 6 heteroatoms. The smallest absolute Gasteiger partial charge is 0.276 e. The van der Waals surface area contributed by atoms with Crippen LogP contribution in [0.25, 0.3) is 0 Å². The summed E-state index contributed by atoms with van der Waals surface area (Å²) < 4.78 is 1.33. The minimum Gasteiger partial charge on any atom is -0.394 e. The van der Waals surface area contributed by atoms with Crippen LogP contribution >= 0.6 is 0 Å². The van der Waals surface area contributed by atoms with Crippen molar-refractivity contribution in [2.45, 2.75) is 6.92 Å². The van der Waals surface area contributed by atoms with Crippen LogP contribution in [0.2, 0.25) is 0 Å². The third kappa shape index (κ3) is 2.91. The Hall–Kier alpha value is -1.66. The molecular formula is C10H14N2O4. The molecule has 6 nitrogen and oxygen atoms in total. The second kappa shape index (κ2) is 5.43. The molecule has 0 aliphatic heterocycles. The van der Waals surface area contributed by atoms with Crippen LogP contribution in [0, 0.1) is 6.92 Å². The predicted molar refractivity (Wildman–Crippen MR) is 56.9 cm³/mol. The van der Waals surface area contributed by atoms with Gasteiger partial charge in [-0.2, -0.15) is 0 Å². The normalized spacial score (nSPS) is 10.2. The average Bonchev–Trinajstić information content (AvgIpc) is 2.25. The van der Waals surface area contributed by atoms with Gasteiger partial charge in [-0.25, -0.2) is 5.48 Å². The first-order valence-electron chi connectivity index (χ1n) is 4.76. The van der Waals surface area contributed by atoms with E-state index in [4.69, 9.17) is 5.11 Å². The molecule has 1 rings (SSSR count). The van der Waals surface area contributed by atoms with E-state index in [0.29, 0.717) is 11.1 Å². The summed E-state index contributed by atoms with van der Waals surface area (Å²) in [6.07, 6.45) is 1.42. The molecule has 0 atom stereocenters. The van der Waals surface area contributed by atoms with E-state index in [1.165, 1.54) is 16.8 Å². The first-order valence-corrected chi connectivity index (χ1v) is 4.76. The zero-order chi connectivity index (χ0) is 12.1. The number of nitrogens with zero attached hydrogens (tertiary/aromatic N) is 1. The quantitative estimate of drug-likeness (QED) is 0.528. The van der Waals surface area contributed by atoms with Gasteiger partial charge < -0.3 is 9.67 Å². The zero-order valence-corrected chi connectivity index (χ0v) is 9.19. The molecule has 0 unspecified atom stereocenters. The number of aryl methyl sites for hydroxylation is 2. The lowest BCUT2D eigenvalue weighted by atomic mass is 10.2. The molecule has 88 valence electrons. The topological polar surface area (TPSA) is 80.6 Å². The zero-order valence-electron chi connectivity index (χ0n) is 9.19. The van der Waals surface area contributed by atoms with Crippen molar-refractivity contribution >= 4 is 5.91 Å². The first-order chi connectivity index (χ1) is 7.56. The summed E-state index contributed by atoms with van der Waals surface area (Å²) in [5.41, 5.74) is 2.83. The molecule has 0 saturated carbocycles. The van der Waals surface area contributed by atoms with E-state index in [1.807, 2.05) is 0 Å². The first kappa shape index (κ1) is 12.4. The third-order valence-corrected chi connectivity index (χ3v) is 1.98. The number of carbonyl (C=O) groups excluding carboxylic acids is 1. The molecule has 0 fully saturated rings. The highest BCUT2D eigenvalue weighted by atomic mass is 16.7. The maximum atomic E-state index is 11.5. The van der Waals surface area contributed by atoms with Gasteiger partial charge in [0.25, 0.3) is 11.5 Å². The number of hydrogen-bond acceptors (Lipinski definition) is 4. The number of nitrogens with one attached hydrogen (secondary N) is 1. The number of hydrogen-bond donors (Lipinski definition) is 2. The Labute approximate surface area is 92.4 Å². The van der Waals surface area contributed by atoms with Crippen LogP contribution < -0.4 is 11.0 Å². The molecule has 0 radical (unpaired) electrons. The standard InChI is InChI=1S/C10H14N2O4/c1-7-5-8(6-12(2)10(7)15)9(14)11-16-4-3-13/h5-6,13H,3-4H2,1-2H3,(H,11,14). The summed E-state index contributed by atoms with van der Waals surface area (Å²) in [4.78, 5) is 27.5. The number of aromatic nitrogens is 1. The highest BCUT2D eigenvalue weighted by molar-refractivity contribution is 5.93. The maximum absolute atomic E-state index is 11.5. The summed E-state index contributed by atoms with van der Waals surface area (Å²) in [5, 5.41) is 8.45. The second-order valence-electron chi connectivity index (χ2n) is 3.33. The van der Waals surface area contributed by atoms with E-state index in [0.717, 1.165) is 0 Å². The van der Waals surface area contributed by atoms with E-state index >= 15 is 0 Å². The Balaban J connectivity index is 2.80. The highest BCUT2D eigenvalue weighted by Gasteiger charge is 2.08. The summed E-state index contributed by atoms with van der Waals surface area (Å²) in [7, 11) is 1.57. The number of hydroxylamine groups is 1. The monoisotopic (exact) mass is 226 g/mol. The van der Waals surface area contributed by atoms with Gasteiger partial charge in [-0.1, -0.05) is 0 Å². The predicted octanol–water partition coefficient (Wildman–Crippen LogP) is -0.653. The van der Waals surface area contributed by atoms with E-state index in [9.17, 15) is 9.59 Å². The van der Waals surface area contributed by atoms with Crippen LogP contribution in [-0.2, 0) is 11.9 Å². The van der Waals surface area contributed by atoms with Gasteiger partial charge in [0.2, 0.25) is 0 Å². The molecule has 16 heavy (non-hydrogen) atoms. The van der Waals surface area contributed by atoms with E-state index in [-0.39, 0.29) is 18.8 Å². The van der Waals surface area contributed by atoms with Crippen LogP contribution in [0.4, 0.5) is 0 Å². The van der Waals surface area contributed by atoms with Crippen molar-refractivity contribution in [1.29, 1.82) is 0 Å². The Bertz CT molecular complexity index is 413. The van der Waals surface area contributed by atoms with Gasteiger partial charge in [0, 0.05) is 18.8 Å². The molecule has 0 aromatic carbocycles. The lowest BCUT2D eigenvalue weighted by molar-refractivity contribution is 0.0168. The van der Waals surface area contributed by atoms with Gasteiger partial charge in [-0.05, 0) is 13.0 Å². The molecule has 0 aliphatic carbocycles. The number of aliphatic hydroxyl groups is 1. The van der Waals surface area contributed by atoms with Gasteiger partial charge in [0.05, 0.1) is 18.8 Å². The summed E-state index contributed by atoms with van der Waals surface area (Å²) in [6, 6.07) is 1.49. The molecule has 0 aliphatic rings. The fourth-order valence-electron chi connectivity index (χ4n) is 1.22. The number of carbonyl (C=O) groups is 1. The van der Waals surface area contributed by atoms with Crippen molar-refractivity contribution in [2.75, 3.05) is 13.2 Å². The molecule has 1 amide bonds. The Morgan fingerprint density at radius 2 is 2.31 bits per heavy atom. The average molecular weight is 226 g/mol. The van der Waals surface area contributed by atoms with Crippen molar-refractivity contribution in [3.8, 4) is 0 Å². The largest absolute Gasteiger partial charge is 0.394 e. The van der Waals surface area contributed by atoms with Gasteiger partial charge >= 0.3 is 0 Å². The Kier molecular flexibility index (Phi) is 4.21. The van der Waals surface area contributed by atoms with Crippen molar-refractivity contribution in [1.82, 2.24) is 10.0 Å². The molecule has 0 spiro atoms. The molecular weight excluding hydrogens is 212 g/mol. The summed E-state index contributed by atoms with van der Waals surface area (Å²) >= 11 is 0. The number of pyridine rings is 1. The lowest BCUT2D eigenvalue weighted by Gasteiger charge is -2.06. The van der Waals surface area contributed by atoms with Gasteiger partial charge in [-0.3, -0.25) is 14.4 Å².